The highest BCUT2D eigenvalue weighted by Crippen LogP contribution is 2.14. The molecule has 424 valence electrons. The van der Waals surface area contributed by atoms with Gasteiger partial charge < -0.3 is 14.2 Å². The van der Waals surface area contributed by atoms with Crippen LogP contribution in [0.4, 0.5) is 0 Å². The summed E-state index contributed by atoms with van der Waals surface area (Å²) in [5.41, 5.74) is 0. The van der Waals surface area contributed by atoms with E-state index >= 15 is 0 Å². The van der Waals surface area contributed by atoms with Crippen LogP contribution in [0.3, 0.4) is 0 Å². The minimum Gasteiger partial charge on any atom is -0.462 e. The molecule has 0 aliphatic carbocycles. The highest BCUT2D eigenvalue weighted by Gasteiger charge is 2.19. The first kappa shape index (κ1) is 70.5. The van der Waals surface area contributed by atoms with Crippen molar-refractivity contribution in [2.45, 2.75) is 271 Å². The highest BCUT2D eigenvalue weighted by atomic mass is 16.6. The molecule has 0 amide bonds. The molecule has 0 aromatic heterocycles. The van der Waals surface area contributed by atoms with Gasteiger partial charge in [-0.3, -0.25) is 14.4 Å². The Morgan fingerprint density at radius 1 is 0.280 bits per heavy atom. The van der Waals surface area contributed by atoms with Gasteiger partial charge in [0.05, 0.1) is 0 Å². The third kappa shape index (κ3) is 60.3. The Hall–Kier alpha value is -4.45. The molecule has 6 heteroatoms. The first-order valence-electron chi connectivity index (χ1n) is 30.7. The minimum atomic E-state index is -0.799. The zero-order valence-corrected chi connectivity index (χ0v) is 48.5. The molecule has 1 unspecified atom stereocenters. The lowest BCUT2D eigenvalue weighted by molar-refractivity contribution is -0.167. The van der Waals surface area contributed by atoms with Crippen LogP contribution in [0.2, 0.25) is 0 Å². The van der Waals surface area contributed by atoms with E-state index in [2.05, 4.69) is 154 Å². The topological polar surface area (TPSA) is 78.9 Å². The molecule has 75 heavy (non-hydrogen) atoms. The van der Waals surface area contributed by atoms with Crippen molar-refractivity contribution in [3.05, 3.63) is 134 Å². The first-order valence-corrected chi connectivity index (χ1v) is 30.7. The van der Waals surface area contributed by atoms with Gasteiger partial charge in [0.25, 0.3) is 0 Å². The Morgan fingerprint density at radius 2 is 0.520 bits per heavy atom. The van der Waals surface area contributed by atoms with E-state index in [4.69, 9.17) is 14.2 Å². The number of rotatable bonds is 54. The molecule has 0 spiro atoms. The fourth-order valence-electron chi connectivity index (χ4n) is 8.05. The van der Waals surface area contributed by atoms with Crippen LogP contribution in [0, 0.1) is 0 Å². The average molecular weight is 1040 g/mol. The maximum Gasteiger partial charge on any atom is 0.306 e. The van der Waals surface area contributed by atoms with Gasteiger partial charge in [-0.2, -0.15) is 0 Å². The smallest absolute Gasteiger partial charge is 0.306 e. The van der Waals surface area contributed by atoms with E-state index in [1.54, 1.807) is 0 Å². The molecule has 0 N–H and O–H groups in total. The molecule has 0 bridgehead atoms. The lowest BCUT2D eigenvalue weighted by Crippen LogP contribution is -2.30. The SMILES string of the molecule is CC/C=C\C/C=C\C/C=C\C/C=C\C/C=C\C/C=C\C/C=C\C/C=C\C/C=C\C/C=C\CCCCC(=O)OCC(COC(=O)CCCCCCCC)OC(=O)CCCCCCCCC/C=C\CCCCCCCCC. The summed E-state index contributed by atoms with van der Waals surface area (Å²) < 4.78 is 16.7. The maximum absolute atomic E-state index is 12.8. The van der Waals surface area contributed by atoms with E-state index in [0.717, 1.165) is 116 Å². The van der Waals surface area contributed by atoms with E-state index in [9.17, 15) is 14.4 Å². The Labute approximate surface area is 462 Å². The lowest BCUT2D eigenvalue weighted by atomic mass is 10.1. The number of ether oxygens (including phenoxy) is 3. The number of hydrogen-bond acceptors (Lipinski definition) is 6. The Kier molecular flexibility index (Phi) is 58.4. The van der Waals surface area contributed by atoms with Gasteiger partial charge in [-0.05, 0) is 122 Å². The van der Waals surface area contributed by atoms with Crippen molar-refractivity contribution in [1.29, 1.82) is 0 Å². The average Bonchev–Trinajstić information content (AvgIpc) is 3.41. The van der Waals surface area contributed by atoms with Gasteiger partial charge in [0, 0.05) is 19.3 Å². The van der Waals surface area contributed by atoms with Gasteiger partial charge in [-0.1, -0.05) is 257 Å². The van der Waals surface area contributed by atoms with Crippen molar-refractivity contribution in [3.63, 3.8) is 0 Å². The number of unbranched alkanes of at least 4 members (excludes halogenated alkanes) is 21. The van der Waals surface area contributed by atoms with Crippen molar-refractivity contribution in [1.82, 2.24) is 0 Å². The van der Waals surface area contributed by atoms with Crippen LogP contribution in [0.5, 0.6) is 0 Å². The fraction of sp³-hybridized carbons (Fsp3) is 0.638. The van der Waals surface area contributed by atoms with Crippen molar-refractivity contribution in [2.24, 2.45) is 0 Å². The van der Waals surface area contributed by atoms with E-state index in [1.165, 1.54) is 103 Å². The third-order valence-corrected chi connectivity index (χ3v) is 12.6. The van der Waals surface area contributed by atoms with Gasteiger partial charge in [-0.25, -0.2) is 0 Å². The molecule has 0 heterocycles. The van der Waals surface area contributed by atoms with Crippen molar-refractivity contribution >= 4 is 17.9 Å². The molecular formula is C69H112O6. The van der Waals surface area contributed by atoms with Crippen molar-refractivity contribution < 1.29 is 28.6 Å². The predicted octanol–water partition coefficient (Wildman–Crippen LogP) is 21.0. The molecule has 0 aliphatic heterocycles. The van der Waals surface area contributed by atoms with Crippen LogP contribution in [-0.4, -0.2) is 37.2 Å². The summed E-state index contributed by atoms with van der Waals surface area (Å²) in [5, 5.41) is 0. The summed E-state index contributed by atoms with van der Waals surface area (Å²) in [5.74, 6) is -0.958. The van der Waals surface area contributed by atoms with Gasteiger partial charge in [-0.15, -0.1) is 0 Å². The van der Waals surface area contributed by atoms with Crippen LogP contribution in [0.25, 0.3) is 0 Å². The zero-order chi connectivity index (χ0) is 54.3. The predicted molar refractivity (Wildman–Crippen MR) is 325 cm³/mol. The Balaban J connectivity index is 4.23. The molecule has 0 saturated carbocycles. The first-order chi connectivity index (χ1) is 37.0. The molecular weight excluding hydrogens is 925 g/mol. The number of carbonyl (C=O) groups excluding carboxylic acids is 3. The monoisotopic (exact) mass is 1040 g/mol. The van der Waals surface area contributed by atoms with E-state index in [1.807, 2.05) is 0 Å². The summed E-state index contributed by atoms with van der Waals surface area (Å²) >= 11 is 0. The van der Waals surface area contributed by atoms with Crippen LogP contribution < -0.4 is 0 Å². The zero-order valence-electron chi connectivity index (χ0n) is 48.5. The van der Waals surface area contributed by atoms with Crippen molar-refractivity contribution in [3.8, 4) is 0 Å². The molecule has 1 atom stereocenters. The summed E-state index contributed by atoms with van der Waals surface area (Å²) in [6.07, 6.45) is 87.7. The molecule has 0 saturated heterocycles. The van der Waals surface area contributed by atoms with E-state index < -0.39 is 6.10 Å². The second-order valence-corrected chi connectivity index (χ2v) is 19.9. The summed E-state index contributed by atoms with van der Waals surface area (Å²) in [6, 6.07) is 0. The normalized spacial score (nSPS) is 13.1. The van der Waals surface area contributed by atoms with E-state index in [0.29, 0.717) is 25.7 Å². The van der Waals surface area contributed by atoms with E-state index in [-0.39, 0.29) is 31.1 Å². The molecule has 0 rings (SSSR count). The Bertz CT molecular complexity index is 1620. The van der Waals surface area contributed by atoms with Crippen LogP contribution in [0.1, 0.15) is 265 Å². The van der Waals surface area contributed by atoms with Gasteiger partial charge in [0.1, 0.15) is 13.2 Å². The minimum absolute atomic E-state index is 0.0960. The molecule has 0 aromatic rings. The largest absolute Gasteiger partial charge is 0.462 e. The second kappa shape index (κ2) is 62.1. The highest BCUT2D eigenvalue weighted by molar-refractivity contribution is 5.71. The number of allylic oxidation sites excluding steroid dienone is 22. The lowest BCUT2D eigenvalue weighted by Gasteiger charge is -2.18. The number of hydrogen-bond donors (Lipinski definition) is 0. The summed E-state index contributed by atoms with van der Waals surface area (Å²) in [4.78, 5) is 37.9. The van der Waals surface area contributed by atoms with Gasteiger partial charge in [0.15, 0.2) is 6.10 Å². The van der Waals surface area contributed by atoms with Gasteiger partial charge >= 0.3 is 17.9 Å². The number of esters is 3. The summed E-state index contributed by atoms with van der Waals surface area (Å²) in [7, 11) is 0. The Morgan fingerprint density at radius 3 is 0.853 bits per heavy atom. The molecule has 6 nitrogen and oxygen atoms in total. The third-order valence-electron chi connectivity index (χ3n) is 12.6. The fourth-order valence-corrected chi connectivity index (χ4v) is 8.05. The summed E-state index contributed by atoms with van der Waals surface area (Å²) in [6.45, 7) is 6.42. The van der Waals surface area contributed by atoms with Gasteiger partial charge in [0.2, 0.25) is 0 Å². The molecule has 0 radical (unpaired) electrons. The standard InChI is InChI=1S/C69H112O6/c1-4-7-10-13-16-18-20-22-24-26-28-29-30-31-32-33-34-35-36-37-38-39-40-41-42-44-45-47-49-51-53-56-59-62-68(71)74-65-66(64-73-67(70)61-58-55-15-12-9-6-3)75-69(72)63-60-57-54-52-50-48-46-43-27-25-23-21-19-17-14-11-8-5-2/h7,10,16,18,22,24-25,27-29,31-32,34-35,37-38,40-41,44-45,49,51,66H,4-6,8-9,11-15,17,19-21,23,26,30,33,36,39,42-43,46-48,50,52-65H2,1-3H3/b10-7-,18-16-,24-22-,27-25-,29-28-,32-31-,35-34-,38-37-,41-40-,45-44-,51-49-. The number of carbonyl (C=O) groups is 3. The maximum atomic E-state index is 12.8. The van der Waals surface area contributed by atoms with Crippen LogP contribution >= 0.6 is 0 Å². The van der Waals surface area contributed by atoms with Crippen LogP contribution in [0.15, 0.2) is 134 Å². The molecule has 0 aromatic carbocycles. The quantitative estimate of drug-likeness (QED) is 0.0261. The van der Waals surface area contributed by atoms with Crippen LogP contribution in [-0.2, 0) is 28.6 Å². The van der Waals surface area contributed by atoms with Crippen molar-refractivity contribution in [2.75, 3.05) is 13.2 Å². The molecule has 0 aliphatic rings. The second-order valence-electron chi connectivity index (χ2n) is 19.9. The molecule has 0 fully saturated rings.